The fourth-order valence-electron chi connectivity index (χ4n) is 2.35. The van der Waals surface area contributed by atoms with Crippen LogP contribution in [-0.4, -0.2) is 7.11 Å². The molecule has 0 amide bonds. The SMILES string of the molecule is COc1ccccc1CNCc1csc2ccccc12. The summed E-state index contributed by atoms with van der Waals surface area (Å²) in [5, 5.41) is 7.09. The smallest absolute Gasteiger partial charge is 0.123 e. The molecular formula is C17H17NOS. The van der Waals surface area contributed by atoms with Gasteiger partial charge in [-0.15, -0.1) is 11.3 Å². The van der Waals surface area contributed by atoms with E-state index in [0.29, 0.717) is 0 Å². The van der Waals surface area contributed by atoms with Crippen LogP contribution >= 0.6 is 11.3 Å². The highest BCUT2D eigenvalue weighted by molar-refractivity contribution is 7.17. The molecular weight excluding hydrogens is 266 g/mol. The first kappa shape index (κ1) is 13.2. The van der Waals surface area contributed by atoms with Crippen molar-refractivity contribution in [1.29, 1.82) is 0 Å². The molecule has 0 aliphatic heterocycles. The maximum absolute atomic E-state index is 5.37. The van der Waals surface area contributed by atoms with Crippen molar-refractivity contribution in [3.63, 3.8) is 0 Å². The van der Waals surface area contributed by atoms with E-state index in [1.54, 1.807) is 18.4 Å². The van der Waals surface area contributed by atoms with Crippen molar-refractivity contribution in [2.24, 2.45) is 0 Å². The number of methoxy groups -OCH3 is 1. The molecule has 1 aromatic heterocycles. The van der Waals surface area contributed by atoms with Gasteiger partial charge in [-0.25, -0.2) is 0 Å². The highest BCUT2D eigenvalue weighted by Crippen LogP contribution is 2.25. The van der Waals surface area contributed by atoms with E-state index in [1.165, 1.54) is 21.2 Å². The van der Waals surface area contributed by atoms with Crippen molar-refractivity contribution in [1.82, 2.24) is 5.32 Å². The molecule has 3 rings (SSSR count). The van der Waals surface area contributed by atoms with E-state index in [-0.39, 0.29) is 0 Å². The quantitative estimate of drug-likeness (QED) is 0.757. The first-order valence-electron chi connectivity index (χ1n) is 6.66. The fourth-order valence-corrected chi connectivity index (χ4v) is 3.31. The number of thiophene rings is 1. The Hall–Kier alpha value is -1.84. The van der Waals surface area contributed by atoms with Crippen LogP contribution in [0.4, 0.5) is 0 Å². The van der Waals surface area contributed by atoms with Gasteiger partial charge in [-0.2, -0.15) is 0 Å². The Morgan fingerprint density at radius 2 is 1.70 bits per heavy atom. The fraction of sp³-hybridized carbons (Fsp3) is 0.176. The molecule has 20 heavy (non-hydrogen) atoms. The van der Waals surface area contributed by atoms with E-state index in [0.717, 1.165) is 18.8 Å². The van der Waals surface area contributed by atoms with Crippen LogP contribution in [0.25, 0.3) is 10.1 Å². The minimum Gasteiger partial charge on any atom is -0.496 e. The highest BCUT2D eigenvalue weighted by atomic mass is 32.1. The van der Waals surface area contributed by atoms with Gasteiger partial charge >= 0.3 is 0 Å². The number of hydrogen-bond acceptors (Lipinski definition) is 3. The molecule has 0 saturated carbocycles. The van der Waals surface area contributed by atoms with E-state index in [2.05, 4.69) is 41.0 Å². The first-order valence-corrected chi connectivity index (χ1v) is 7.54. The Morgan fingerprint density at radius 3 is 2.60 bits per heavy atom. The van der Waals surface area contributed by atoms with Crippen LogP contribution in [-0.2, 0) is 13.1 Å². The molecule has 0 radical (unpaired) electrons. The van der Waals surface area contributed by atoms with Gasteiger partial charge in [-0.1, -0.05) is 36.4 Å². The third-order valence-electron chi connectivity index (χ3n) is 3.38. The lowest BCUT2D eigenvalue weighted by molar-refractivity contribution is 0.407. The van der Waals surface area contributed by atoms with Crippen LogP contribution < -0.4 is 10.1 Å². The van der Waals surface area contributed by atoms with Crippen molar-refractivity contribution < 1.29 is 4.74 Å². The summed E-state index contributed by atoms with van der Waals surface area (Å²) in [7, 11) is 1.71. The van der Waals surface area contributed by atoms with E-state index >= 15 is 0 Å². The second-order valence-corrected chi connectivity index (χ2v) is 5.58. The zero-order chi connectivity index (χ0) is 13.8. The monoisotopic (exact) mass is 283 g/mol. The predicted octanol–water partition coefficient (Wildman–Crippen LogP) is 4.20. The molecule has 3 heteroatoms. The van der Waals surface area contributed by atoms with Gasteiger partial charge in [0.1, 0.15) is 5.75 Å². The van der Waals surface area contributed by atoms with Crippen LogP contribution in [0.3, 0.4) is 0 Å². The zero-order valence-electron chi connectivity index (χ0n) is 11.4. The number of nitrogens with one attached hydrogen (secondary N) is 1. The summed E-state index contributed by atoms with van der Waals surface area (Å²) in [5.74, 6) is 0.940. The summed E-state index contributed by atoms with van der Waals surface area (Å²) in [6.07, 6.45) is 0. The molecule has 2 nitrogen and oxygen atoms in total. The van der Waals surface area contributed by atoms with Gasteiger partial charge in [0.25, 0.3) is 0 Å². The van der Waals surface area contributed by atoms with E-state index in [4.69, 9.17) is 4.74 Å². The van der Waals surface area contributed by atoms with E-state index in [1.807, 2.05) is 18.2 Å². The Morgan fingerprint density at radius 1 is 0.950 bits per heavy atom. The number of hydrogen-bond donors (Lipinski definition) is 1. The summed E-state index contributed by atoms with van der Waals surface area (Å²) in [6.45, 7) is 1.69. The Balaban J connectivity index is 1.68. The average Bonchev–Trinajstić information content (AvgIpc) is 2.91. The van der Waals surface area contributed by atoms with E-state index < -0.39 is 0 Å². The number of para-hydroxylation sites is 1. The minimum atomic E-state index is 0.814. The van der Waals surface area contributed by atoms with Crippen LogP contribution in [0.1, 0.15) is 11.1 Å². The molecule has 0 fully saturated rings. The predicted molar refractivity (Wildman–Crippen MR) is 85.4 cm³/mol. The van der Waals surface area contributed by atoms with E-state index in [9.17, 15) is 0 Å². The molecule has 3 aromatic rings. The third-order valence-corrected chi connectivity index (χ3v) is 4.40. The number of benzene rings is 2. The highest BCUT2D eigenvalue weighted by Gasteiger charge is 2.04. The molecule has 2 aromatic carbocycles. The van der Waals surface area contributed by atoms with Gasteiger partial charge in [-0.3, -0.25) is 0 Å². The molecule has 1 heterocycles. The van der Waals surface area contributed by atoms with Gasteiger partial charge in [0.05, 0.1) is 7.11 Å². The summed E-state index contributed by atoms with van der Waals surface area (Å²) in [6, 6.07) is 16.7. The molecule has 1 N–H and O–H groups in total. The van der Waals surface area contributed by atoms with Crippen molar-refractivity contribution in [3.8, 4) is 5.75 Å². The first-order chi connectivity index (χ1) is 9.88. The Bertz CT molecular complexity index is 705. The van der Waals surface area contributed by atoms with Gasteiger partial charge in [0, 0.05) is 23.4 Å². The molecule has 0 aliphatic carbocycles. The van der Waals surface area contributed by atoms with Gasteiger partial charge in [-0.05, 0) is 28.5 Å². The van der Waals surface area contributed by atoms with Crippen LogP contribution in [0.15, 0.2) is 53.9 Å². The standard InChI is InChI=1S/C17H17NOS/c1-19-16-8-4-2-6-13(16)10-18-11-14-12-20-17-9-5-3-7-15(14)17/h2-9,12,18H,10-11H2,1H3. The summed E-state index contributed by atoms with van der Waals surface area (Å²) >= 11 is 1.80. The molecule has 0 aliphatic rings. The number of rotatable bonds is 5. The average molecular weight is 283 g/mol. The van der Waals surface area contributed by atoms with Crippen molar-refractivity contribution in [2.75, 3.05) is 7.11 Å². The van der Waals surface area contributed by atoms with Crippen LogP contribution in [0.2, 0.25) is 0 Å². The summed E-state index contributed by atoms with van der Waals surface area (Å²) in [5.41, 5.74) is 2.55. The third kappa shape index (κ3) is 2.69. The lowest BCUT2D eigenvalue weighted by Gasteiger charge is -2.09. The molecule has 0 bridgehead atoms. The largest absolute Gasteiger partial charge is 0.496 e. The zero-order valence-corrected chi connectivity index (χ0v) is 12.2. The van der Waals surface area contributed by atoms with Gasteiger partial charge in [0.15, 0.2) is 0 Å². The molecule has 0 saturated heterocycles. The lowest BCUT2D eigenvalue weighted by Crippen LogP contribution is -2.13. The molecule has 102 valence electrons. The van der Waals surface area contributed by atoms with Crippen molar-refractivity contribution >= 4 is 21.4 Å². The molecule has 0 spiro atoms. The number of ether oxygens (including phenoxy) is 1. The van der Waals surface area contributed by atoms with Crippen LogP contribution in [0, 0.1) is 0 Å². The number of fused-ring (bicyclic) bond motifs is 1. The maximum Gasteiger partial charge on any atom is 0.123 e. The Labute approximate surface area is 123 Å². The topological polar surface area (TPSA) is 21.3 Å². The minimum absolute atomic E-state index is 0.814. The maximum atomic E-state index is 5.37. The van der Waals surface area contributed by atoms with Gasteiger partial charge < -0.3 is 10.1 Å². The molecule has 0 unspecified atom stereocenters. The summed E-state index contributed by atoms with van der Waals surface area (Å²) < 4.78 is 6.71. The van der Waals surface area contributed by atoms with Crippen LogP contribution in [0.5, 0.6) is 5.75 Å². The van der Waals surface area contributed by atoms with Crippen molar-refractivity contribution in [2.45, 2.75) is 13.1 Å². The Kier molecular flexibility index (Phi) is 4.00. The second kappa shape index (κ2) is 6.07. The second-order valence-electron chi connectivity index (χ2n) is 4.67. The van der Waals surface area contributed by atoms with Gasteiger partial charge in [0.2, 0.25) is 0 Å². The normalized spacial score (nSPS) is 10.8. The van der Waals surface area contributed by atoms with Crippen molar-refractivity contribution in [3.05, 3.63) is 65.0 Å². The molecule has 0 atom stereocenters. The lowest BCUT2D eigenvalue weighted by atomic mass is 10.1. The summed E-state index contributed by atoms with van der Waals surface area (Å²) in [4.78, 5) is 0.